The van der Waals surface area contributed by atoms with Crippen molar-refractivity contribution in [2.75, 3.05) is 5.75 Å². The Morgan fingerprint density at radius 2 is 2.24 bits per heavy atom. The number of benzene rings is 1. The van der Waals surface area contributed by atoms with Gasteiger partial charge in [-0.05, 0) is 19.1 Å². The van der Waals surface area contributed by atoms with Gasteiger partial charge in [0.05, 0.1) is 11.8 Å². The van der Waals surface area contributed by atoms with Gasteiger partial charge in [-0.2, -0.15) is 5.26 Å². The van der Waals surface area contributed by atoms with Crippen LogP contribution < -0.4 is 0 Å². The molecule has 0 aromatic heterocycles. The summed E-state index contributed by atoms with van der Waals surface area (Å²) in [6.45, 7) is 1.42. The van der Waals surface area contributed by atoms with Gasteiger partial charge in [0.2, 0.25) is 0 Å². The number of carbonyl (C=O) groups excluding carboxylic acids is 1. The molecule has 0 amide bonds. The molecule has 0 bridgehead atoms. The molecule has 0 fully saturated rings. The monoisotopic (exact) mass is 250 g/mol. The predicted molar refractivity (Wildman–Crippen MR) is 64.6 cm³/mol. The lowest BCUT2D eigenvalue weighted by Crippen LogP contribution is -2.21. The maximum absolute atomic E-state index is 13.2. The highest BCUT2D eigenvalue weighted by atomic mass is 32.2. The summed E-state index contributed by atoms with van der Waals surface area (Å²) in [7, 11) is 0. The Bertz CT molecular complexity index is 482. The quantitative estimate of drug-likeness (QED) is 0.645. The summed E-state index contributed by atoms with van der Waals surface area (Å²) < 4.78 is 13.2. The van der Waals surface area contributed by atoms with Crippen molar-refractivity contribution in [2.45, 2.75) is 11.8 Å². The molecule has 17 heavy (non-hydrogen) atoms. The van der Waals surface area contributed by atoms with E-state index in [1.54, 1.807) is 24.3 Å². The standard InChI is InChI=1S/C12H11FN2OS/c1-8(15)9(6-14)11(16)7-17-12-5-3-2-4-10(12)13/h2-5,9,15H,7H2,1H3. The second-order valence-electron chi connectivity index (χ2n) is 3.43. The average Bonchev–Trinajstić information content (AvgIpc) is 2.28. The van der Waals surface area contributed by atoms with Gasteiger partial charge < -0.3 is 5.41 Å². The number of rotatable bonds is 5. The lowest BCUT2D eigenvalue weighted by molar-refractivity contribution is -0.117. The van der Waals surface area contributed by atoms with Crippen molar-refractivity contribution in [3.8, 4) is 6.07 Å². The fourth-order valence-corrected chi connectivity index (χ4v) is 2.05. The molecule has 3 nitrogen and oxygen atoms in total. The van der Waals surface area contributed by atoms with E-state index in [1.807, 2.05) is 0 Å². The first-order valence-electron chi connectivity index (χ1n) is 4.91. The van der Waals surface area contributed by atoms with Crippen molar-refractivity contribution in [1.82, 2.24) is 0 Å². The summed E-state index contributed by atoms with van der Waals surface area (Å²) in [5.74, 6) is -1.78. The minimum atomic E-state index is -1.02. The van der Waals surface area contributed by atoms with Gasteiger partial charge in [0.25, 0.3) is 0 Å². The van der Waals surface area contributed by atoms with Crippen LogP contribution in [0.2, 0.25) is 0 Å². The molecule has 88 valence electrons. The third-order valence-corrected chi connectivity index (χ3v) is 3.16. The number of Topliss-reactive ketones (excluding diaryl/α,β-unsaturated/α-hetero) is 1. The molecule has 5 heteroatoms. The highest BCUT2D eigenvalue weighted by Crippen LogP contribution is 2.22. The molecule has 1 atom stereocenters. The van der Waals surface area contributed by atoms with Crippen molar-refractivity contribution in [3.63, 3.8) is 0 Å². The highest BCUT2D eigenvalue weighted by molar-refractivity contribution is 8.00. The molecule has 0 saturated carbocycles. The van der Waals surface area contributed by atoms with Crippen LogP contribution in [-0.4, -0.2) is 17.2 Å². The Labute approximate surface area is 103 Å². The van der Waals surface area contributed by atoms with E-state index in [0.717, 1.165) is 11.8 Å². The topological polar surface area (TPSA) is 64.7 Å². The van der Waals surface area contributed by atoms with Gasteiger partial charge in [0.15, 0.2) is 5.78 Å². The number of ketones is 1. The van der Waals surface area contributed by atoms with E-state index >= 15 is 0 Å². The van der Waals surface area contributed by atoms with E-state index in [0.29, 0.717) is 4.90 Å². The van der Waals surface area contributed by atoms with E-state index in [2.05, 4.69) is 0 Å². The van der Waals surface area contributed by atoms with Crippen LogP contribution in [0.5, 0.6) is 0 Å². The molecule has 0 aliphatic rings. The SMILES string of the molecule is CC(=N)C(C#N)C(=O)CSc1ccccc1F. The Balaban J connectivity index is 2.63. The molecule has 0 saturated heterocycles. The predicted octanol–water partition coefficient (Wildman–Crippen LogP) is 2.67. The summed E-state index contributed by atoms with van der Waals surface area (Å²) >= 11 is 1.04. The van der Waals surface area contributed by atoms with Crippen LogP contribution in [0.1, 0.15) is 6.92 Å². The first-order valence-corrected chi connectivity index (χ1v) is 5.89. The van der Waals surface area contributed by atoms with Crippen LogP contribution in [0.25, 0.3) is 0 Å². The molecular formula is C12H11FN2OS. The minimum Gasteiger partial charge on any atom is -0.308 e. The Morgan fingerprint density at radius 1 is 1.59 bits per heavy atom. The summed E-state index contributed by atoms with van der Waals surface area (Å²) in [5.41, 5.74) is 0.0200. The number of thioether (sulfide) groups is 1. The van der Waals surface area contributed by atoms with Gasteiger partial charge >= 0.3 is 0 Å². The molecule has 1 aromatic rings. The second-order valence-corrected chi connectivity index (χ2v) is 4.45. The van der Waals surface area contributed by atoms with Crippen molar-refractivity contribution in [3.05, 3.63) is 30.1 Å². The number of nitrogens with zero attached hydrogens (tertiary/aromatic N) is 1. The molecular weight excluding hydrogens is 239 g/mol. The van der Waals surface area contributed by atoms with Crippen LogP contribution >= 0.6 is 11.8 Å². The molecule has 1 rings (SSSR count). The summed E-state index contributed by atoms with van der Waals surface area (Å²) in [5, 5.41) is 16.0. The molecule has 1 unspecified atom stereocenters. The van der Waals surface area contributed by atoms with E-state index in [9.17, 15) is 9.18 Å². The third kappa shape index (κ3) is 3.68. The fraction of sp³-hybridized carbons (Fsp3) is 0.250. The maximum Gasteiger partial charge on any atom is 0.165 e. The third-order valence-electron chi connectivity index (χ3n) is 2.09. The van der Waals surface area contributed by atoms with E-state index in [-0.39, 0.29) is 23.1 Å². The van der Waals surface area contributed by atoms with Gasteiger partial charge in [-0.25, -0.2) is 4.39 Å². The van der Waals surface area contributed by atoms with Gasteiger partial charge in [-0.3, -0.25) is 4.79 Å². The van der Waals surface area contributed by atoms with Crippen molar-refractivity contribution < 1.29 is 9.18 Å². The zero-order valence-electron chi connectivity index (χ0n) is 9.24. The first-order chi connectivity index (χ1) is 8.06. The van der Waals surface area contributed by atoms with E-state index in [4.69, 9.17) is 10.7 Å². The van der Waals surface area contributed by atoms with Crippen molar-refractivity contribution >= 4 is 23.3 Å². The Morgan fingerprint density at radius 3 is 2.76 bits per heavy atom. The highest BCUT2D eigenvalue weighted by Gasteiger charge is 2.20. The number of halogens is 1. The smallest absolute Gasteiger partial charge is 0.165 e. The van der Waals surface area contributed by atoms with Crippen LogP contribution in [0.15, 0.2) is 29.2 Å². The van der Waals surface area contributed by atoms with Crippen molar-refractivity contribution in [1.29, 1.82) is 10.7 Å². The summed E-state index contributed by atoms with van der Waals surface area (Å²) in [4.78, 5) is 12.0. The zero-order valence-corrected chi connectivity index (χ0v) is 10.1. The molecule has 1 aromatic carbocycles. The van der Waals surface area contributed by atoms with Crippen LogP contribution in [0.4, 0.5) is 4.39 Å². The number of nitriles is 1. The second kappa shape index (κ2) is 6.16. The molecule has 0 aliphatic carbocycles. The first kappa shape index (κ1) is 13.4. The molecule has 0 heterocycles. The Kier molecular flexibility index (Phi) is 4.85. The zero-order chi connectivity index (χ0) is 12.8. The summed E-state index contributed by atoms with van der Waals surface area (Å²) in [6, 6.07) is 7.91. The normalized spacial score (nSPS) is 11.6. The number of hydrogen-bond acceptors (Lipinski definition) is 4. The van der Waals surface area contributed by atoms with Crippen LogP contribution in [-0.2, 0) is 4.79 Å². The van der Waals surface area contributed by atoms with Gasteiger partial charge in [0, 0.05) is 10.6 Å². The molecule has 0 aliphatic heterocycles. The largest absolute Gasteiger partial charge is 0.308 e. The molecule has 0 radical (unpaired) electrons. The fourth-order valence-electron chi connectivity index (χ4n) is 1.20. The van der Waals surface area contributed by atoms with E-state index in [1.165, 1.54) is 13.0 Å². The minimum absolute atomic E-state index is 0.00458. The van der Waals surface area contributed by atoms with E-state index < -0.39 is 5.92 Å². The lowest BCUT2D eigenvalue weighted by Gasteiger charge is -2.06. The molecule has 0 spiro atoms. The van der Waals surface area contributed by atoms with Gasteiger partial charge in [-0.15, -0.1) is 11.8 Å². The number of carbonyl (C=O) groups is 1. The van der Waals surface area contributed by atoms with Crippen molar-refractivity contribution in [2.24, 2.45) is 5.92 Å². The average molecular weight is 250 g/mol. The van der Waals surface area contributed by atoms with Crippen LogP contribution in [0, 0.1) is 28.5 Å². The van der Waals surface area contributed by atoms with Crippen LogP contribution in [0.3, 0.4) is 0 Å². The molecule has 1 N–H and O–H groups in total. The Hall–Kier alpha value is -1.67. The maximum atomic E-state index is 13.2. The summed E-state index contributed by atoms with van der Waals surface area (Å²) in [6.07, 6.45) is 0. The van der Waals surface area contributed by atoms with Gasteiger partial charge in [-0.1, -0.05) is 12.1 Å². The lowest BCUT2D eigenvalue weighted by atomic mass is 10.0. The van der Waals surface area contributed by atoms with Gasteiger partial charge in [0.1, 0.15) is 11.7 Å². The number of nitrogens with one attached hydrogen (secondary N) is 1. The number of hydrogen-bond donors (Lipinski definition) is 1.